The van der Waals surface area contributed by atoms with Crippen LogP contribution in [0.25, 0.3) is 0 Å². The summed E-state index contributed by atoms with van der Waals surface area (Å²) in [5, 5.41) is 3.11. The largest absolute Gasteiger partial charge is 0.289 e. The molecule has 1 N–H and O–H groups in total. The minimum Gasteiger partial charge on any atom is -0.289 e. The van der Waals surface area contributed by atoms with E-state index >= 15 is 0 Å². The molecular weight excluding hydrogens is 194 g/mol. The Morgan fingerprint density at radius 3 is 2.00 bits per heavy atom. The first kappa shape index (κ1) is 11.2. The van der Waals surface area contributed by atoms with Gasteiger partial charge in [-0.1, -0.05) is 33.9 Å². The fraction of sp³-hybridized carbons (Fsp3) is 0.600. The summed E-state index contributed by atoms with van der Waals surface area (Å²) < 4.78 is 0. The monoisotopic (exact) mass is 211 g/mol. The number of hydrogen-bond donors (Lipinski definition) is 1. The molecular formula is C10H17NO2Si. The second-order valence-corrected chi connectivity index (χ2v) is 10.5. The number of imide groups is 1. The molecule has 0 aromatic heterocycles. The van der Waals surface area contributed by atoms with Gasteiger partial charge in [0.05, 0.1) is 8.07 Å². The van der Waals surface area contributed by atoms with Crippen LogP contribution in [0.15, 0.2) is 11.3 Å². The summed E-state index contributed by atoms with van der Waals surface area (Å²) in [6, 6.07) is 0. The predicted octanol–water partition coefficient (Wildman–Crippen LogP) is 1.62. The van der Waals surface area contributed by atoms with Crippen LogP contribution in [-0.2, 0) is 9.59 Å². The van der Waals surface area contributed by atoms with Crippen LogP contribution in [0, 0.1) is 0 Å². The van der Waals surface area contributed by atoms with Gasteiger partial charge in [0.2, 0.25) is 5.91 Å². The van der Waals surface area contributed by atoms with Gasteiger partial charge in [0.1, 0.15) is 0 Å². The Kier molecular flexibility index (Phi) is 2.43. The van der Waals surface area contributed by atoms with Crippen molar-refractivity contribution in [2.75, 3.05) is 0 Å². The molecule has 14 heavy (non-hydrogen) atoms. The Morgan fingerprint density at radius 1 is 1.21 bits per heavy atom. The highest BCUT2D eigenvalue weighted by molar-refractivity contribution is 6.91. The van der Waals surface area contributed by atoms with Crippen LogP contribution in [0.1, 0.15) is 20.8 Å². The van der Waals surface area contributed by atoms with Crippen LogP contribution in [0.2, 0.25) is 18.1 Å². The first-order valence-corrected chi connectivity index (χ1v) is 7.74. The third-order valence-electron chi connectivity index (χ3n) is 3.31. The van der Waals surface area contributed by atoms with Gasteiger partial charge in [0.25, 0.3) is 5.91 Å². The smallest absolute Gasteiger partial charge is 0.250 e. The van der Waals surface area contributed by atoms with Crippen LogP contribution in [-0.4, -0.2) is 19.9 Å². The lowest BCUT2D eigenvalue weighted by Crippen LogP contribution is -2.43. The van der Waals surface area contributed by atoms with Gasteiger partial charge in [-0.3, -0.25) is 14.9 Å². The number of amides is 2. The van der Waals surface area contributed by atoms with Crippen molar-refractivity contribution in [3.8, 4) is 0 Å². The Bertz CT molecular complexity index is 324. The summed E-state index contributed by atoms with van der Waals surface area (Å²) in [4.78, 5) is 22.6. The number of rotatable bonds is 1. The van der Waals surface area contributed by atoms with Gasteiger partial charge in [-0.25, -0.2) is 0 Å². The highest BCUT2D eigenvalue weighted by Crippen LogP contribution is 2.41. The van der Waals surface area contributed by atoms with Crippen molar-refractivity contribution >= 4 is 19.9 Å². The van der Waals surface area contributed by atoms with Gasteiger partial charge in [-0.15, -0.1) is 0 Å². The van der Waals surface area contributed by atoms with Crippen LogP contribution in [0.3, 0.4) is 0 Å². The molecule has 0 bridgehead atoms. The zero-order valence-corrected chi connectivity index (χ0v) is 10.4. The molecule has 1 aliphatic rings. The molecule has 0 radical (unpaired) electrons. The van der Waals surface area contributed by atoms with Crippen LogP contribution in [0.5, 0.6) is 0 Å². The standard InChI is InChI=1S/C10H17NO2Si/c1-10(2,3)14(4,5)7-6-8(12)11-9(7)13/h6H,1-5H3,(H,11,12,13). The minimum absolute atomic E-state index is 0.0841. The molecule has 0 atom stereocenters. The van der Waals surface area contributed by atoms with E-state index in [0.717, 1.165) is 5.20 Å². The molecule has 0 saturated carbocycles. The second kappa shape index (κ2) is 3.05. The van der Waals surface area contributed by atoms with E-state index in [0.29, 0.717) is 0 Å². The lowest BCUT2D eigenvalue weighted by Gasteiger charge is -2.36. The van der Waals surface area contributed by atoms with Crippen LogP contribution in [0.4, 0.5) is 0 Å². The molecule has 0 spiro atoms. The summed E-state index contributed by atoms with van der Waals surface area (Å²) in [5.41, 5.74) is 0. The van der Waals surface area contributed by atoms with Crippen molar-refractivity contribution in [2.24, 2.45) is 0 Å². The molecule has 1 rings (SSSR count). The predicted molar refractivity (Wildman–Crippen MR) is 58.4 cm³/mol. The van der Waals surface area contributed by atoms with Crippen LogP contribution < -0.4 is 5.32 Å². The average molecular weight is 211 g/mol. The maximum Gasteiger partial charge on any atom is 0.250 e. The fourth-order valence-corrected chi connectivity index (χ4v) is 3.21. The van der Waals surface area contributed by atoms with E-state index in [1.54, 1.807) is 0 Å². The molecule has 0 aromatic rings. The SMILES string of the molecule is CC(C)(C)[Si](C)(C)C1=CC(=O)NC1=O. The topological polar surface area (TPSA) is 46.2 Å². The highest BCUT2D eigenvalue weighted by Gasteiger charge is 2.43. The van der Waals surface area contributed by atoms with Crippen molar-refractivity contribution in [2.45, 2.75) is 38.9 Å². The van der Waals surface area contributed by atoms with E-state index in [-0.39, 0.29) is 16.9 Å². The van der Waals surface area contributed by atoms with Crippen LogP contribution >= 0.6 is 0 Å². The summed E-state index contributed by atoms with van der Waals surface area (Å²) in [7, 11) is -1.85. The first-order chi connectivity index (χ1) is 6.16. The van der Waals surface area contributed by atoms with E-state index in [4.69, 9.17) is 0 Å². The maximum absolute atomic E-state index is 11.5. The van der Waals surface area contributed by atoms with Crippen molar-refractivity contribution in [3.63, 3.8) is 0 Å². The summed E-state index contributed by atoms with van der Waals surface area (Å²) in [6.45, 7) is 10.6. The fourth-order valence-electron chi connectivity index (χ4n) is 1.28. The highest BCUT2D eigenvalue weighted by atomic mass is 28.3. The Hall–Kier alpha value is -0.903. The zero-order chi connectivity index (χ0) is 11.1. The van der Waals surface area contributed by atoms with E-state index in [1.165, 1.54) is 6.08 Å². The van der Waals surface area contributed by atoms with Crippen molar-refractivity contribution in [1.29, 1.82) is 0 Å². The Morgan fingerprint density at radius 2 is 1.71 bits per heavy atom. The Labute approximate surface area is 85.6 Å². The molecule has 1 heterocycles. The molecule has 0 aromatic carbocycles. The number of hydrogen-bond acceptors (Lipinski definition) is 2. The molecule has 3 nitrogen and oxygen atoms in total. The summed E-state index contributed by atoms with van der Waals surface area (Å²) in [6.07, 6.45) is 1.47. The van der Waals surface area contributed by atoms with Gasteiger partial charge in [-0.05, 0) is 5.04 Å². The van der Waals surface area contributed by atoms with Crippen molar-refractivity contribution < 1.29 is 9.59 Å². The van der Waals surface area contributed by atoms with Gasteiger partial charge in [0, 0.05) is 11.3 Å². The number of nitrogens with one attached hydrogen (secondary N) is 1. The van der Waals surface area contributed by atoms with E-state index in [2.05, 4.69) is 39.2 Å². The lowest BCUT2D eigenvalue weighted by atomic mass is 10.2. The third-order valence-corrected chi connectivity index (χ3v) is 8.77. The Balaban J connectivity index is 3.11. The molecule has 0 unspecified atom stereocenters. The van der Waals surface area contributed by atoms with Gasteiger partial charge in [-0.2, -0.15) is 0 Å². The normalized spacial score (nSPS) is 18.2. The number of carbonyl (C=O) groups is 2. The lowest BCUT2D eigenvalue weighted by molar-refractivity contribution is -0.123. The molecule has 78 valence electrons. The summed E-state index contributed by atoms with van der Waals surface area (Å²) in [5.74, 6) is -0.462. The van der Waals surface area contributed by atoms with E-state index in [9.17, 15) is 9.59 Å². The average Bonchev–Trinajstić information content (AvgIpc) is 2.27. The van der Waals surface area contributed by atoms with Crippen molar-refractivity contribution in [3.05, 3.63) is 11.3 Å². The second-order valence-electron chi connectivity index (χ2n) is 5.25. The molecule has 4 heteroatoms. The molecule has 2 amide bonds. The quantitative estimate of drug-likeness (QED) is 0.529. The molecule has 0 aliphatic carbocycles. The maximum atomic E-state index is 11.5. The van der Waals surface area contributed by atoms with E-state index in [1.807, 2.05) is 0 Å². The molecule has 0 fully saturated rings. The first-order valence-electron chi connectivity index (χ1n) is 4.74. The van der Waals surface area contributed by atoms with Crippen molar-refractivity contribution in [1.82, 2.24) is 5.32 Å². The number of carbonyl (C=O) groups excluding carboxylic acids is 2. The van der Waals surface area contributed by atoms with E-state index < -0.39 is 8.07 Å². The van der Waals surface area contributed by atoms with Gasteiger partial charge in [0.15, 0.2) is 0 Å². The molecule has 1 aliphatic heterocycles. The third kappa shape index (κ3) is 1.66. The molecule has 0 saturated heterocycles. The zero-order valence-electron chi connectivity index (χ0n) is 9.39. The van der Waals surface area contributed by atoms with Gasteiger partial charge >= 0.3 is 0 Å². The summed E-state index contributed by atoms with van der Waals surface area (Å²) >= 11 is 0. The van der Waals surface area contributed by atoms with Gasteiger partial charge < -0.3 is 0 Å². The minimum atomic E-state index is -1.85.